The largest absolute Gasteiger partial charge is 0.274 e. The van der Waals surface area contributed by atoms with E-state index in [0.29, 0.717) is 10.7 Å². The van der Waals surface area contributed by atoms with Gasteiger partial charge in [-0.25, -0.2) is 4.90 Å². The van der Waals surface area contributed by atoms with E-state index in [1.165, 1.54) is 4.90 Å². The highest BCUT2D eigenvalue weighted by atomic mass is 35.5. The third kappa shape index (κ3) is 2.71. The minimum Gasteiger partial charge on any atom is -0.274 e. The van der Waals surface area contributed by atoms with Crippen LogP contribution in [0.1, 0.15) is 34.6 Å². The number of halogens is 1. The second-order valence-electron chi connectivity index (χ2n) is 12.2. The molecule has 10 rings (SSSR count). The molecule has 2 heterocycles. The molecular weight excluding hydrogens is 550 g/mol. The number of amides is 4. The zero-order valence-electron chi connectivity index (χ0n) is 22.3. The van der Waals surface area contributed by atoms with E-state index in [4.69, 9.17) is 11.6 Å². The van der Waals surface area contributed by atoms with Gasteiger partial charge in [0.05, 0.1) is 39.8 Å². The lowest BCUT2D eigenvalue weighted by Gasteiger charge is -2.52. The van der Waals surface area contributed by atoms with Gasteiger partial charge in [0.25, 0.3) is 11.8 Å². The monoisotopic (exact) mass is 573 g/mol. The molecule has 4 amide bonds. The SMILES string of the molecule is O=C1[C@@H]2[C@H](C(=O)N1/N=C\C13c4ccccc4C(c4ccccc41)[C@@H]1C(=O)N(c4ccccc4Cl)C(=O)[C@H]13)[C@H]1C=C[C@H]2C1. The highest BCUT2D eigenvalue weighted by Gasteiger charge is 2.68. The number of carbonyl (C=O) groups is 4. The fraction of sp³-hybridized carbons (Fsp3) is 0.265. The molecule has 3 aromatic rings. The van der Waals surface area contributed by atoms with E-state index in [9.17, 15) is 19.2 Å². The molecule has 7 nitrogen and oxygen atoms in total. The Morgan fingerprint density at radius 3 is 1.90 bits per heavy atom. The average Bonchev–Trinajstić information content (AvgIpc) is 3.75. The number of benzene rings is 3. The standard InChI is InChI=1S/C34H24ClN3O4/c35-23-11-5-6-12-24(23)37-30(39)28-27-19-7-1-3-9-21(19)34(29(28)33(37)42,22-10-4-2-8-20(22)27)16-36-38-31(40)25-17-13-14-18(15-17)26(25)32(38)41/h1-14,16-18,25-29H,15H2/b36-16-/t17-,18-,25-,26+,27?,28-,29-,34?/m0/s1. The average molecular weight is 574 g/mol. The van der Waals surface area contributed by atoms with Crippen LogP contribution in [0.3, 0.4) is 0 Å². The number of carbonyl (C=O) groups excluding carboxylic acids is 4. The second kappa shape index (κ2) is 8.13. The number of hydrogen-bond donors (Lipinski definition) is 0. The van der Waals surface area contributed by atoms with Crippen LogP contribution in [0, 0.1) is 35.5 Å². The van der Waals surface area contributed by atoms with Crippen molar-refractivity contribution in [2.24, 2.45) is 40.6 Å². The summed E-state index contributed by atoms with van der Waals surface area (Å²) in [5, 5.41) is 6.01. The Kier molecular flexibility index (Phi) is 4.70. The number of allylic oxidation sites excluding steroid dienone is 2. The summed E-state index contributed by atoms with van der Waals surface area (Å²) in [6.07, 6.45) is 6.54. The van der Waals surface area contributed by atoms with Gasteiger partial charge in [0.2, 0.25) is 11.8 Å². The molecular formula is C34H24ClN3O4. The molecule has 7 aliphatic rings. The number of para-hydroxylation sites is 1. The number of fused-ring (bicyclic) bond motifs is 5. The molecule has 3 fully saturated rings. The number of hydrazone groups is 1. The Morgan fingerprint density at radius 1 is 0.714 bits per heavy atom. The van der Waals surface area contributed by atoms with Crippen molar-refractivity contribution in [2.75, 3.05) is 4.90 Å². The van der Waals surface area contributed by atoms with Crippen LogP contribution in [0.15, 0.2) is 90.0 Å². The zero-order chi connectivity index (χ0) is 28.5. The molecule has 2 saturated heterocycles. The van der Waals surface area contributed by atoms with Crippen molar-refractivity contribution in [3.05, 3.63) is 112 Å². The molecule has 1 saturated carbocycles. The molecule has 2 aliphatic heterocycles. The molecule has 0 N–H and O–H groups in total. The molecule has 0 unspecified atom stereocenters. The van der Waals surface area contributed by atoms with Crippen LogP contribution in [-0.4, -0.2) is 34.9 Å². The Labute approximate surface area is 246 Å². The fourth-order valence-electron chi connectivity index (χ4n) is 9.07. The lowest BCUT2D eigenvalue weighted by molar-refractivity contribution is -0.140. The van der Waals surface area contributed by atoms with Crippen molar-refractivity contribution < 1.29 is 19.2 Å². The third-order valence-electron chi connectivity index (χ3n) is 10.6. The first-order valence-corrected chi connectivity index (χ1v) is 14.7. The van der Waals surface area contributed by atoms with Gasteiger partial charge in [-0.15, -0.1) is 0 Å². The highest BCUT2D eigenvalue weighted by molar-refractivity contribution is 6.36. The van der Waals surface area contributed by atoms with Crippen molar-refractivity contribution in [3.8, 4) is 0 Å². The van der Waals surface area contributed by atoms with Crippen LogP contribution in [0.5, 0.6) is 0 Å². The first-order valence-electron chi connectivity index (χ1n) is 14.4. The predicted octanol–water partition coefficient (Wildman–Crippen LogP) is 4.68. The Bertz CT molecular complexity index is 1770. The van der Waals surface area contributed by atoms with E-state index < -0.39 is 17.3 Å². The zero-order valence-corrected chi connectivity index (χ0v) is 23.0. The van der Waals surface area contributed by atoms with Crippen LogP contribution in [0.4, 0.5) is 5.69 Å². The summed E-state index contributed by atoms with van der Waals surface area (Å²) in [5.41, 5.74) is 2.80. The topological polar surface area (TPSA) is 87.1 Å². The second-order valence-corrected chi connectivity index (χ2v) is 12.6. The van der Waals surface area contributed by atoms with Crippen LogP contribution in [0.25, 0.3) is 0 Å². The fourth-order valence-corrected chi connectivity index (χ4v) is 9.29. The molecule has 0 radical (unpaired) electrons. The molecule has 5 aliphatic carbocycles. The lowest BCUT2D eigenvalue weighted by atomic mass is 9.47. The summed E-state index contributed by atoms with van der Waals surface area (Å²) in [6.45, 7) is 0. The maximum absolute atomic E-state index is 14.5. The summed E-state index contributed by atoms with van der Waals surface area (Å²) in [6, 6.07) is 22.5. The molecule has 206 valence electrons. The maximum atomic E-state index is 14.5. The summed E-state index contributed by atoms with van der Waals surface area (Å²) in [4.78, 5) is 57.2. The smallest absolute Gasteiger partial charge is 0.254 e. The first-order chi connectivity index (χ1) is 20.4. The van der Waals surface area contributed by atoms with Gasteiger partial charge < -0.3 is 0 Å². The van der Waals surface area contributed by atoms with Crippen LogP contribution < -0.4 is 4.90 Å². The Balaban J connectivity index is 1.25. The third-order valence-corrected chi connectivity index (χ3v) is 10.9. The highest BCUT2D eigenvalue weighted by Crippen LogP contribution is 2.64. The number of rotatable bonds is 3. The van der Waals surface area contributed by atoms with Gasteiger partial charge in [0, 0.05) is 12.1 Å². The van der Waals surface area contributed by atoms with Crippen LogP contribution in [0.2, 0.25) is 5.02 Å². The Hall–Kier alpha value is -4.36. The molecule has 0 aromatic heterocycles. The summed E-state index contributed by atoms with van der Waals surface area (Å²) in [7, 11) is 0. The number of nitrogens with zero attached hydrogens (tertiary/aromatic N) is 3. The molecule has 4 bridgehead atoms. The quantitative estimate of drug-likeness (QED) is 0.259. The molecule has 3 aromatic carbocycles. The van der Waals surface area contributed by atoms with E-state index in [1.54, 1.807) is 30.5 Å². The van der Waals surface area contributed by atoms with Crippen molar-refractivity contribution in [1.82, 2.24) is 5.01 Å². The van der Waals surface area contributed by atoms with Crippen molar-refractivity contribution in [1.29, 1.82) is 0 Å². The number of anilines is 1. The molecule has 8 heteroatoms. The lowest BCUT2D eigenvalue weighted by Crippen LogP contribution is -2.55. The number of imide groups is 2. The molecule has 6 atom stereocenters. The summed E-state index contributed by atoms with van der Waals surface area (Å²) < 4.78 is 0. The van der Waals surface area contributed by atoms with Crippen molar-refractivity contribution in [3.63, 3.8) is 0 Å². The first kappa shape index (κ1) is 24.3. The van der Waals surface area contributed by atoms with Gasteiger partial charge in [0.1, 0.15) is 0 Å². The van der Waals surface area contributed by atoms with E-state index >= 15 is 0 Å². The minimum atomic E-state index is -1.18. The summed E-state index contributed by atoms with van der Waals surface area (Å²) in [5.74, 6) is -3.77. The molecule has 0 spiro atoms. The van der Waals surface area contributed by atoms with Gasteiger partial charge >= 0.3 is 0 Å². The van der Waals surface area contributed by atoms with Crippen molar-refractivity contribution in [2.45, 2.75) is 17.8 Å². The minimum absolute atomic E-state index is 0.0592. The molecule has 42 heavy (non-hydrogen) atoms. The van der Waals surface area contributed by atoms with Gasteiger partial charge in [-0.2, -0.15) is 10.1 Å². The van der Waals surface area contributed by atoms with Gasteiger partial charge in [-0.05, 0) is 52.6 Å². The Morgan fingerprint density at radius 2 is 1.29 bits per heavy atom. The van der Waals surface area contributed by atoms with E-state index in [1.807, 2.05) is 48.5 Å². The van der Waals surface area contributed by atoms with Crippen LogP contribution in [-0.2, 0) is 24.6 Å². The van der Waals surface area contributed by atoms with E-state index in [2.05, 4.69) is 17.3 Å². The van der Waals surface area contributed by atoms with E-state index in [-0.39, 0.29) is 53.2 Å². The van der Waals surface area contributed by atoms with Crippen LogP contribution >= 0.6 is 11.6 Å². The maximum Gasteiger partial charge on any atom is 0.254 e. The summed E-state index contributed by atoms with van der Waals surface area (Å²) >= 11 is 6.53. The number of hydrogen-bond acceptors (Lipinski definition) is 5. The van der Waals surface area contributed by atoms with E-state index in [0.717, 1.165) is 33.7 Å². The van der Waals surface area contributed by atoms with Gasteiger partial charge in [-0.3, -0.25) is 19.2 Å². The van der Waals surface area contributed by atoms with Gasteiger partial charge in [-0.1, -0.05) is 84.4 Å². The normalized spacial score (nSPS) is 34.9. The van der Waals surface area contributed by atoms with Gasteiger partial charge in [0.15, 0.2) is 0 Å². The van der Waals surface area contributed by atoms with Crippen molar-refractivity contribution >= 4 is 47.1 Å². The predicted molar refractivity (Wildman–Crippen MR) is 154 cm³/mol.